The van der Waals surface area contributed by atoms with Gasteiger partial charge in [0.15, 0.2) is 5.69 Å². The maximum absolute atomic E-state index is 12.6. The largest absolute Gasteiger partial charge is 0.342 e. The highest BCUT2D eigenvalue weighted by molar-refractivity contribution is 6.33. The van der Waals surface area contributed by atoms with Crippen LogP contribution in [0.1, 0.15) is 28.9 Å². The first-order valence-electron chi connectivity index (χ1n) is 7.92. The lowest BCUT2D eigenvalue weighted by molar-refractivity contribution is -0.117. The van der Waals surface area contributed by atoms with Gasteiger partial charge in [-0.05, 0) is 30.9 Å². The number of para-hydroxylation sites is 1. The quantitative estimate of drug-likeness (QED) is 0.926. The Kier molecular flexibility index (Phi) is 4.85. The zero-order chi connectivity index (χ0) is 17.1. The number of aryl methyl sites for hydroxylation is 2. The third-order valence-corrected chi connectivity index (χ3v) is 4.34. The molecule has 0 bridgehead atoms. The van der Waals surface area contributed by atoms with Gasteiger partial charge in [0, 0.05) is 25.5 Å². The maximum atomic E-state index is 12.6. The standard InChI is InChI=1S/C17H19ClN4O2/c1-21-11-13(18)16(20-21)17(24)19-10-15(23)22-9-5-4-7-12-6-2-3-8-14(12)22/h2-3,6,8,11H,4-5,7,9-10H2,1H3,(H,19,24). The Bertz CT molecular complexity index is 772. The third kappa shape index (κ3) is 3.43. The van der Waals surface area contributed by atoms with Gasteiger partial charge in [0.05, 0.1) is 11.6 Å². The predicted molar refractivity (Wildman–Crippen MR) is 92.3 cm³/mol. The molecule has 1 aliphatic heterocycles. The zero-order valence-corrected chi connectivity index (χ0v) is 14.2. The fraction of sp³-hybridized carbons (Fsp3) is 0.353. The number of aromatic nitrogens is 2. The van der Waals surface area contributed by atoms with E-state index in [-0.39, 0.29) is 23.2 Å². The molecule has 1 aromatic heterocycles. The normalized spacial score (nSPS) is 14.0. The number of rotatable bonds is 3. The highest BCUT2D eigenvalue weighted by Crippen LogP contribution is 2.26. The highest BCUT2D eigenvalue weighted by Gasteiger charge is 2.22. The molecule has 1 aliphatic rings. The lowest BCUT2D eigenvalue weighted by Gasteiger charge is -2.23. The average Bonchev–Trinajstić information content (AvgIpc) is 2.79. The molecule has 1 aromatic carbocycles. The topological polar surface area (TPSA) is 67.2 Å². The molecule has 7 heteroatoms. The van der Waals surface area contributed by atoms with Crippen LogP contribution in [0, 0.1) is 0 Å². The van der Waals surface area contributed by atoms with Gasteiger partial charge in [-0.3, -0.25) is 14.3 Å². The van der Waals surface area contributed by atoms with Crippen LogP contribution in [0.15, 0.2) is 30.5 Å². The maximum Gasteiger partial charge on any atom is 0.273 e. The van der Waals surface area contributed by atoms with Crippen molar-refractivity contribution in [2.75, 3.05) is 18.0 Å². The second kappa shape index (κ2) is 7.05. The van der Waals surface area contributed by atoms with Crippen LogP contribution in [-0.2, 0) is 18.3 Å². The van der Waals surface area contributed by atoms with Crippen LogP contribution in [0.2, 0.25) is 5.02 Å². The van der Waals surface area contributed by atoms with Crippen LogP contribution < -0.4 is 10.2 Å². The number of benzene rings is 1. The van der Waals surface area contributed by atoms with E-state index in [1.807, 2.05) is 24.3 Å². The van der Waals surface area contributed by atoms with E-state index in [1.54, 1.807) is 18.1 Å². The summed E-state index contributed by atoms with van der Waals surface area (Å²) in [6.07, 6.45) is 4.51. The van der Waals surface area contributed by atoms with E-state index in [1.165, 1.54) is 10.2 Å². The summed E-state index contributed by atoms with van der Waals surface area (Å²) >= 11 is 5.95. The van der Waals surface area contributed by atoms with E-state index >= 15 is 0 Å². The van der Waals surface area contributed by atoms with E-state index < -0.39 is 5.91 Å². The molecule has 2 amide bonds. The van der Waals surface area contributed by atoms with Crippen LogP contribution in [0.4, 0.5) is 5.69 Å². The SMILES string of the molecule is Cn1cc(Cl)c(C(=O)NCC(=O)N2CCCCc3ccccc32)n1. The third-order valence-electron chi connectivity index (χ3n) is 4.06. The van der Waals surface area contributed by atoms with E-state index in [9.17, 15) is 9.59 Å². The van der Waals surface area contributed by atoms with Gasteiger partial charge in [0.2, 0.25) is 5.91 Å². The van der Waals surface area contributed by atoms with Gasteiger partial charge in [-0.15, -0.1) is 0 Å². The van der Waals surface area contributed by atoms with Crippen molar-refractivity contribution in [2.24, 2.45) is 7.05 Å². The molecule has 0 atom stereocenters. The Labute approximate surface area is 145 Å². The van der Waals surface area contributed by atoms with Crippen molar-refractivity contribution in [2.45, 2.75) is 19.3 Å². The van der Waals surface area contributed by atoms with Crippen LogP contribution >= 0.6 is 11.6 Å². The lowest BCUT2D eigenvalue weighted by Crippen LogP contribution is -2.41. The number of fused-ring (bicyclic) bond motifs is 1. The second-order valence-electron chi connectivity index (χ2n) is 5.81. The fourth-order valence-corrected chi connectivity index (χ4v) is 3.16. The molecule has 1 N–H and O–H groups in total. The minimum Gasteiger partial charge on any atom is -0.342 e. The summed E-state index contributed by atoms with van der Waals surface area (Å²) in [7, 11) is 1.68. The second-order valence-corrected chi connectivity index (χ2v) is 6.22. The Hall–Kier alpha value is -2.34. The van der Waals surface area contributed by atoms with Crippen molar-refractivity contribution in [3.05, 3.63) is 46.7 Å². The molecule has 0 spiro atoms. The van der Waals surface area contributed by atoms with Gasteiger partial charge in [0.1, 0.15) is 0 Å². The predicted octanol–water partition coefficient (Wildman–Crippen LogP) is 2.17. The number of hydrogen-bond acceptors (Lipinski definition) is 3. The number of nitrogens with one attached hydrogen (secondary N) is 1. The summed E-state index contributed by atoms with van der Waals surface area (Å²) in [4.78, 5) is 26.5. The van der Waals surface area contributed by atoms with Gasteiger partial charge in [0.25, 0.3) is 5.91 Å². The zero-order valence-electron chi connectivity index (χ0n) is 13.5. The molecule has 2 heterocycles. The van der Waals surface area contributed by atoms with Gasteiger partial charge >= 0.3 is 0 Å². The van der Waals surface area contributed by atoms with Crippen LogP contribution in [0.25, 0.3) is 0 Å². The van der Waals surface area contributed by atoms with E-state index in [4.69, 9.17) is 11.6 Å². The van der Waals surface area contributed by atoms with Gasteiger partial charge in [-0.1, -0.05) is 29.8 Å². The van der Waals surface area contributed by atoms with E-state index in [0.29, 0.717) is 6.54 Å². The molecule has 0 fully saturated rings. The molecule has 0 saturated carbocycles. The first-order valence-corrected chi connectivity index (χ1v) is 8.29. The fourth-order valence-electron chi connectivity index (χ4n) is 2.90. The molecule has 0 saturated heterocycles. The lowest BCUT2D eigenvalue weighted by atomic mass is 10.1. The molecule has 3 rings (SSSR count). The highest BCUT2D eigenvalue weighted by atomic mass is 35.5. The molecule has 2 aromatic rings. The molecular weight excluding hydrogens is 328 g/mol. The van der Waals surface area contributed by atoms with E-state index in [0.717, 1.165) is 24.9 Å². The minimum atomic E-state index is -0.447. The molecule has 126 valence electrons. The van der Waals surface area contributed by atoms with Crippen molar-refractivity contribution < 1.29 is 9.59 Å². The summed E-state index contributed by atoms with van der Waals surface area (Å²) in [5.74, 6) is -0.582. The Morgan fingerprint density at radius 2 is 2.08 bits per heavy atom. The van der Waals surface area contributed by atoms with Crippen molar-refractivity contribution >= 4 is 29.1 Å². The number of nitrogens with zero attached hydrogens (tertiary/aromatic N) is 3. The first kappa shape index (κ1) is 16.5. The molecule has 24 heavy (non-hydrogen) atoms. The summed E-state index contributed by atoms with van der Waals surface area (Å²) in [5.41, 5.74) is 2.23. The summed E-state index contributed by atoms with van der Waals surface area (Å²) < 4.78 is 1.46. The van der Waals surface area contributed by atoms with Gasteiger partial charge < -0.3 is 10.2 Å². The number of halogens is 1. The average molecular weight is 347 g/mol. The molecule has 0 radical (unpaired) electrons. The number of amides is 2. The number of carbonyl (C=O) groups is 2. The number of hydrogen-bond donors (Lipinski definition) is 1. The monoisotopic (exact) mass is 346 g/mol. The summed E-state index contributed by atoms with van der Waals surface area (Å²) in [6.45, 7) is 0.579. The van der Waals surface area contributed by atoms with Crippen LogP contribution in [0.3, 0.4) is 0 Å². The smallest absolute Gasteiger partial charge is 0.273 e. The Balaban J connectivity index is 1.69. The molecule has 6 nitrogen and oxygen atoms in total. The Morgan fingerprint density at radius 3 is 2.83 bits per heavy atom. The minimum absolute atomic E-state index is 0.0833. The number of anilines is 1. The molecule has 0 unspecified atom stereocenters. The van der Waals surface area contributed by atoms with Crippen LogP contribution in [-0.4, -0.2) is 34.7 Å². The molecular formula is C17H19ClN4O2. The van der Waals surface area contributed by atoms with Crippen molar-refractivity contribution in [3.8, 4) is 0 Å². The van der Waals surface area contributed by atoms with Gasteiger partial charge in [-0.2, -0.15) is 5.10 Å². The first-order chi connectivity index (χ1) is 11.6. The number of carbonyl (C=O) groups excluding carboxylic acids is 2. The molecule has 0 aliphatic carbocycles. The van der Waals surface area contributed by atoms with Crippen LogP contribution in [0.5, 0.6) is 0 Å². The summed E-state index contributed by atoms with van der Waals surface area (Å²) in [5, 5.41) is 6.88. The van der Waals surface area contributed by atoms with Crippen molar-refractivity contribution in [3.63, 3.8) is 0 Å². The van der Waals surface area contributed by atoms with Gasteiger partial charge in [-0.25, -0.2) is 0 Å². The van der Waals surface area contributed by atoms with Crippen molar-refractivity contribution in [1.82, 2.24) is 15.1 Å². The summed E-state index contributed by atoms with van der Waals surface area (Å²) in [6, 6.07) is 7.91. The Morgan fingerprint density at radius 1 is 1.29 bits per heavy atom. The van der Waals surface area contributed by atoms with Crippen molar-refractivity contribution in [1.29, 1.82) is 0 Å². The van der Waals surface area contributed by atoms with E-state index in [2.05, 4.69) is 10.4 Å².